The van der Waals surface area contributed by atoms with Crippen LogP contribution in [0.3, 0.4) is 0 Å². The molecule has 1 unspecified atom stereocenters. The van der Waals surface area contributed by atoms with Gasteiger partial charge in [-0.3, -0.25) is 0 Å². The van der Waals surface area contributed by atoms with E-state index in [1.54, 1.807) is 6.92 Å². The van der Waals surface area contributed by atoms with Crippen molar-refractivity contribution in [3.63, 3.8) is 0 Å². The van der Waals surface area contributed by atoms with Gasteiger partial charge in [0.1, 0.15) is 12.3 Å². The Bertz CT molecular complexity index is 424. The van der Waals surface area contributed by atoms with Gasteiger partial charge in [-0.2, -0.15) is 5.26 Å². The molecule has 8 nitrogen and oxygen atoms in total. The fourth-order valence-electron chi connectivity index (χ4n) is 1.53. The molecule has 1 rings (SSSR count). The van der Waals surface area contributed by atoms with Gasteiger partial charge in [-0.05, 0) is 20.0 Å². The van der Waals surface area contributed by atoms with Gasteiger partial charge in [0.2, 0.25) is 0 Å². The van der Waals surface area contributed by atoms with Crippen molar-refractivity contribution in [2.24, 2.45) is 5.16 Å². The number of nitriles is 1. The van der Waals surface area contributed by atoms with E-state index >= 15 is 0 Å². The van der Waals surface area contributed by atoms with Crippen molar-refractivity contribution >= 4 is 11.7 Å². The van der Waals surface area contributed by atoms with Crippen molar-refractivity contribution in [2.75, 3.05) is 40.1 Å². The van der Waals surface area contributed by atoms with Gasteiger partial charge in [0, 0.05) is 19.2 Å². The van der Waals surface area contributed by atoms with Crippen LogP contribution in [-0.2, 0) is 19.1 Å². The highest BCUT2D eigenvalue weighted by Crippen LogP contribution is 2.01. The van der Waals surface area contributed by atoms with Crippen molar-refractivity contribution in [3.05, 3.63) is 12.2 Å². The van der Waals surface area contributed by atoms with Crippen LogP contribution in [0.15, 0.2) is 17.3 Å². The van der Waals surface area contributed by atoms with E-state index in [1.165, 1.54) is 6.08 Å². The van der Waals surface area contributed by atoms with E-state index in [-0.39, 0.29) is 25.3 Å². The van der Waals surface area contributed by atoms with Crippen molar-refractivity contribution < 1.29 is 19.1 Å². The predicted molar refractivity (Wildman–Crippen MR) is 75.1 cm³/mol. The van der Waals surface area contributed by atoms with Crippen molar-refractivity contribution in [1.29, 1.82) is 5.26 Å². The number of ether oxygens (including phenoxy) is 2. The Morgan fingerprint density at radius 1 is 1.62 bits per heavy atom. The number of carbonyl (C=O) groups excluding carboxylic acids is 1. The molecule has 1 fully saturated rings. The average Bonchev–Trinajstić information content (AvgIpc) is 2.51. The minimum absolute atomic E-state index is 0.0147. The number of carbonyl (C=O) groups is 1. The summed E-state index contributed by atoms with van der Waals surface area (Å²) in [6.45, 7) is 4.33. The summed E-state index contributed by atoms with van der Waals surface area (Å²) in [7, 11) is 1.83. The minimum Gasteiger partial charge on any atom is -0.463 e. The van der Waals surface area contributed by atoms with Crippen molar-refractivity contribution in [3.8, 4) is 6.07 Å². The van der Waals surface area contributed by atoms with Gasteiger partial charge in [0.25, 0.3) is 0 Å². The van der Waals surface area contributed by atoms with Crippen LogP contribution >= 0.6 is 0 Å². The molecule has 0 aromatic rings. The molecule has 1 atom stereocenters. The normalized spacial score (nSPS) is 19.5. The summed E-state index contributed by atoms with van der Waals surface area (Å²) in [5, 5.41) is 15.7. The van der Waals surface area contributed by atoms with Gasteiger partial charge in [-0.15, -0.1) is 0 Å². The Kier molecular flexibility index (Phi) is 8.04. The van der Waals surface area contributed by atoms with Crippen LogP contribution < -0.4 is 5.32 Å². The van der Waals surface area contributed by atoms with E-state index in [1.807, 2.05) is 18.0 Å². The highest BCUT2D eigenvalue weighted by molar-refractivity contribution is 6.09. The molecule has 0 saturated carbocycles. The molecule has 0 spiro atoms. The third kappa shape index (κ3) is 6.85. The molecule has 0 radical (unpaired) electrons. The lowest BCUT2D eigenvalue weighted by Crippen LogP contribution is -2.48. The average molecular weight is 296 g/mol. The van der Waals surface area contributed by atoms with Crippen LogP contribution in [0.4, 0.5) is 0 Å². The zero-order valence-corrected chi connectivity index (χ0v) is 12.2. The van der Waals surface area contributed by atoms with Gasteiger partial charge >= 0.3 is 5.97 Å². The van der Waals surface area contributed by atoms with Gasteiger partial charge in [-0.25, -0.2) is 9.69 Å². The number of hydrogen-bond acceptors (Lipinski definition) is 8. The van der Waals surface area contributed by atoms with E-state index in [0.717, 1.165) is 12.6 Å². The Morgan fingerprint density at radius 3 is 3.05 bits per heavy atom. The molecule has 0 aliphatic carbocycles. The van der Waals surface area contributed by atoms with Gasteiger partial charge in [-0.1, -0.05) is 5.16 Å². The Balaban J connectivity index is 2.38. The molecule has 0 bridgehead atoms. The Labute approximate surface area is 123 Å². The van der Waals surface area contributed by atoms with Crippen LogP contribution in [0.5, 0.6) is 0 Å². The number of morpholine rings is 1. The zero-order chi connectivity index (χ0) is 15.5. The first kappa shape index (κ1) is 17.1. The molecule has 1 saturated heterocycles. The Morgan fingerprint density at radius 2 is 2.43 bits per heavy atom. The first-order valence-corrected chi connectivity index (χ1v) is 6.64. The number of allylic oxidation sites excluding steroid dienone is 1. The van der Waals surface area contributed by atoms with Crippen LogP contribution in [-0.4, -0.2) is 62.9 Å². The maximum Gasteiger partial charge on any atom is 0.330 e. The number of likely N-dealkylation sites (N-methyl/N-ethyl adjacent to an activating group) is 1. The summed E-state index contributed by atoms with van der Waals surface area (Å²) in [6.07, 6.45) is 2.29. The quantitative estimate of drug-likeness (QED) is 0.229. The van der Waals surface area contributed by atoms with Crippen LogP contribution in [0.2, 0.25) is 0 Å². The highest BCUT2D eigenvalue weighted by Gasteiger charge is 2.18. The molecule has 0 amide bonds. The highest BCUT2D eigenvalue weighted by atomic mass is 16.6. The van der Waals surface area contributed by atoms with E-state index in [9.17, 15) is 4.79 Å². The summed E-state index contributed by atoms with van der Waals surface area (Å²) < 4.78 is 10.2. The minimum atomic E-state index is -0.528. The van der Waals surface area contributed by atoms with E-state index in [0.29, 0.717) is 13.2 Å². The van der Waals surface area contributed by atoms with Gasteiger partial charge in [0.05, 0.1) is 13.2 Å². The van der Waals surface area contributed by atoms with Crippen LogP contribution in [0, 0.1) is 11.3 Å². The van der Waals surface area contributed by atoms with E-state index in [2.05, 4.69) is 10.5 Å². The summed E-state index contributed by atoms with van der Waals surface area (Å²) in [4.78, 5) is 18.0. The number of hydrogen-bond donors (Lipinski definition) is 1. The van der Waals surface area contributed by atoms with Crippen LogP contribution in [0.25, 0.3) is 0 Å². The lowest BCUT2D eigenvalue weighted by Gasteiger charge is -2.30. The molecule has 8 heteroatoms. The summed E-state index contributed by atoms with van der Waals surface area (Å²) in [5.41, 5.74) is -0.0147. The number of oxime groups is 1. The SMILES string of the molecule is CCOC(=O)/C=C/C(C#N)=N/OCN(C)C1CNCCO1. The Hall–Kier alpha value is -1.95. The molecular formula is C13H20N4O4. The second kappa shape index (κ2) is 9.88. The molecule has 116 valence electrons. The molecule has 1 aliphatic heterocycles. The number of nitrogens with one attached hydrogen (secondary N) is 1. The molecule has 1 N–H and O–H groups in total. The molecule has 1 aliphatic rings. The van der Waals surface area contributed by atoms with E-state index in [4.69, 9.17) is 19.6 Å². The standard InChI is InChI=1S/C13H20N4O4/c1-3-19-13(18)5-4-11(8-14)16-21-10-17(2)12-9-15-6-7-20-12/h4-5,12,15H,3,6-7,9-10H2,1-2H3/b5-4+,16-11-. The molecule has 21 heavy (non-hydrogen) atoms. The number of nitrogens with zero attached hydrogens (tertiary/aromatic N) is 3. The van der Waals surface area contributed by atoms with Crippen molar-refractivity contribution in [1.82, 2.24) is 10.2 Å². The maximum atomic E-state index is 11.1. The zero-order valence-electron chi connectivity index (χ0n) is 12.2. The second-order valence-electron chi connectivity index (χ2n) is 4.22. The monoisotopic (exact) mass is 296 g/mol. The largest absolute Gasteiger partial charge is 0.463 e. The van der Waals surface area contributed by atoms with E-state index < -0.39 is 5.97 Å². The maximum absolute atomic E-state index is 11.1. The fraction of sp³-hybridized carbons (Fsp3) is 0.615. The van der Waals surface area contributed by atoms with Crippen molar-refractivity contribution in [2.45, 2.75) is 13.2 Å². The third-order valence-corrected chi connectivity index (χ3v) is 2.60. The van der Waals surface area contributed by atoms with Gasteiger partial charge in [0.15, 0.2) is 12.4 Å². The number of esters is 1. The molecule has 1 heterocycles. The summed E-state index contributed by atoms with van der Waals surface area (Å²) >= 11 is 0. The molecular weight excluding hydrogens is 276 g/mol. The third-order valence-electron chi connectivity index (χ3n) is 2.60. The topological polar surface area (TPSA) is 96.2 Å². The lowest BCUT2D eigenvalue weighted by atomic mass is 10.3. The summed E-state index contributed by atoms with van der Waals surface area (Å²) in [6, 6.07) is 1.82. The predicted octanol–water partition coefficient (Wildman–Crippen LogP) is -0.163. The van der Waals surface area contributed by atoms with Gasteiger partial charge < -0.3 is 19.6 Å². The lowest BCUT2D eigenvalue weighted by molar-refractivity contribution is -0.137. The smallest absolute Gasteiger partial charge is 0.330 e. The second-order valence-corrected chi connectivity index (χ2v) is 4.22. The molecule has 0 aromatic carbocycles. The summed E-state index contributed by atoms with van der Waals surface area (Å²) in [5.74, 6) is -0.528. The fourth-order valence-corrected chi connectivity index (χ4v) is 1.53. The molecule has 0 aromatic heterocycles. The first-order chi connectivity index (χ1) is 10.2. The van der Waals surface area contributed by atoms with Crippen LogP contribution in [0.1, 0.15) is 6.92 Å². The first-order valence-electron chi connectivity index (χ1n) is 6.64. The number of rotatable bonds is 7.